The van der Waals surface area contributed by atoms with Gasteiger partial charge < -0.3 is 11.5 Å². The van der Waals surface area contributed by atoms with Gasteiger partial charge >= 0.3 is 0 Å². The molecule has 0 saturated carbocycles. The molecule has 74 valence electrons. The van der Waals surface area contributed by atoms with Crippen molar-refractivity contribution in [2.45, 2.75) is 6.04 Å². The van der Waals surface area contributed by atoms with Crippen LogP contribution in [-0.4, -0.2) is 6.54 Å². The van der Waals surface area contributed by atoms with E-state index in [0.717, 1.165) is 9.35 Å². The van der Waals surface area contributed by atoms with Crippen LogP contribution in [0.15, 0.2) is 28.7 Å². The molecule has 0 saturated heterocycles. The molecule has 2 rings (SSSR count). The molecule has 2 nitrogen and oxygen atoms in total. The van der Waals surface area contributed by atoms with Crippen LogP contribution in [0, 0.1) is 0 Å². The third kappa shape index (κ3) is 1.59. The molecular weight excluding hydrogens is 260 g/mol. The van der Waals surface area contributed by atoms with E-state index in [2.05, 4.69) is 28.1 Å². The van der Waals surface area contributed by atoms with E-state index in [-0.39, 0.29) is 6.04 Å². The van der Waals surface area contributed by atoms with Crippen molar-refractivity contribution in [3.8, 4) is 0 Å². The Balaban J connectivity index is 2.62. The summed E-state index contributed by atoms with van der Waals surface area (Å²) < 4.78 is 2.34. The first-order valence-electron chi connectivity index (χ1n) is 4.36. The van der Waals surface area contributed by atoms with E-state index in [1.54, 1.807) is 11.3 Å². The van der Waals surface area contributed by atoms with Gasteiger partial charge in [0.1, 0.15) is 0 Å². The summed E-state index contributed by atoms with van der Waals surface area (Å²) in [5.41, 5.74) is 11.5. The second-order valence-electron chi connectivity index (χ2n) is 3.12. The fourth-order valence-corrected chi connectivity index (χ4v) is 3.50. The van der Waals surface area contributed by atoms with E-state index in [4.69, 9.17) is 11.5 Å². The zero-order valence-electron chi connectivity index (χ0n) is 7.53. The van der Waals surface area contributed by atoms with Gasteiger partial charge in [0.15, 0.2) is 0 Å². The van der Waals surface area contributed by atoms with Crippen LogP contribution < -0.4 is 11.5 Å². The zero-order valence-corrected chi connectivity index (χ0v) is 9.94. The number of halogens is 1. The maximum Gasteiger partial charge on any atom is 0.0526 e. The average Bonchev–Trinajstić information content (AvgIpc) is 2.56. The van der Waals surface area contributed by atoms with Gasteiger partial charge in [-0.25, -0.2) is 0 Å². The van der Waals surface area contributed by atoms with Crippen molar-refractivity contribution in [3.05, 3.63) is 33.6 Å². The lowest BCUT2D eigenvalue weighted by Crippen LogP contribution is -2.19. The van der Waals surface area contributed by atoms with Crippen LogP contribution in [0.5, 0.6) is 0 Å². The predicted molar refractivity (Wildman–Crippen MR) is 65.5 cm³/mol. The Morgan fingerprint density at radius 3 is 2.71 bits per heavy atom. The van der Waals surface area contributed by atoms with Gasteiger partial charge in [-0.1, -0.05) is 18.2 Å². The summed E-state index contributed by atoms with van der Waals surface area (Å²) in [5.74, 6) is 0. The molecule has 2 aromatic rings. The highest BCUT2D eigenvalue weighted by Gasteiger charge is 2.14. The van der Waals surface area contributed by atoms with Crippen LogP contribution in [-0.2, 0) is 0 Å². The molecule has 0 fully saturated rings. The average molecular weight is 271 g/mol. The largest absolute Gasteiger partial charge is 0.329 e. The van der Waals surface area contributed by atoms with Gasteiger partial charge in [0.25, 0.3) is 0 Å². The highest BCUT2D eigenvalue weighted by molar-refractivity contribution is 9.10. The smallest absolute Gasteiger partial charge is 0.0526 e. The van der Waals surface area contributed by atoms with Gasteiger partial charge in [0, 0.05) is 26.0 Å². The second kappa shape index (κ2) is 3.98. The summed E-state index contributed by atoms with van der Waals surface area (Å²) in [6, 6.07) is 8.17. The first kappa shape index (κ1) is 10.1. The minimum atomic E-state index is -0.0678. The Kier molecular flexibility index (Phi) is 2.88. The Morgan fingerprint density at radius 2 is 2.07 bits per heavy atom. The van der Waals surface area contributed by atoms with Crippen LogP contribution in [0.1, 0.15) is 10.9 Å². The molecule has 0 amide bonds. The molecule has 4 N–H and O–H groups in total. The summed E-state index contributed by atoms with van der Waals surface area (Å²) in [5, 5.41) is 1.22. The van der Waals surface area contributed by atoms with Crippen LogP contribution in [0.2, 0.25) is 0 Å². The Labute approximate surface area is 95.0 Å². The molecule has 0 spiro atoms. The van der Waals surface area contributed by atoms with Gasteiger partial charge in [-0.05, 0) is 22.0 Å². The van der Waals surface area contributed by atoms with E-state index in [1.807, 2.05) is 12.1 Å². The quantitative estimate of drug-likeness (QED) is 0.882. The highest BCUT2D eigenvalue weighted by Crippen LogP contribution is 2.37. The fraction of sp³-hybridized carbons (Fsp3) is 0.200. The summed E-state index contributed by atoms with van der Waals surface area (Å²) in [6.07, 6.45) is 0. The number of fused-ring (bicyclic) bond motifs is 1. The first-order chi connectivity index (χ1) is 6.74. The third-order valence-corrected chi connectivity index (χ3v) is 4.57. The normalized spacial score (nSPS) is 13.4. The number of rotatable bonds is 2. The van der Waals surface area contributed by atoms with Crippen LogP contribution >= 0.6 is 27.3 Å². The summed E-state index contributed by atoms with van der Waals surface area (Å²) >= 11 is 5.27. The van der Waals surface area contributed by atoms with Crippen molar-refractivity contribution in [1.82, 2.24) is 0 Å². The lowest BCUT2D eigenvalue weighted by molar-refractivity contribution is 0.749. The van der Waals surface area contributed by atoms with Crippen molar-refractivity contribution in [2.75, 3.05) is 6.54 Å². The summed E-state index contributed by atoms with van der Waals surface area (Å²) in [7, 11) is 0. The monoisotopic (exact) mass is 270 g/mol. The number of benzene rings is 1. The van der Waals surface area contributed by atoms with E-state index in [9.17, 15) is 0 Å². The zero-order chi connectivity index (χ0) is 10.1. The van der Waals surface area contributed by atoms with Crippen molar-refractivity contribution >= 4 is 37.4 Å². The minimum absolute atomic E-state index is 0.0678. The first-order valence-corrected chi connectivity index (χ1v) is 5.97. The topological polar surface area (TPSA) is 52.0 Å². The maximum atomic E-state index is 5.91. The molecule has 14 heavy (non-hydrogen) atoms. The van der Waals surface area contributed by atoms with Crippen molar-refractivity contribution in [2.24, 2.45) is 11.5 Å². The molecule has 1 aromatic carbocycles. The summed E-state index contributed by atoms with van der Waals surface area (Å²) in [4.78, 5) is 1.13. The van der Waals surface area contributed by atoms with Crippen LogP contribution in [0.25, 0.3) is 10.1 Å². The number of thiophene rings is 1. The molecular formula is C10H11BrN2S. The predicted octanol–water partition coefficient (Wildman–Crippen LogP) is 2.62. The maximum absolute atomic E-state index is 5.91. The molecule has 0 aliphatic rings. The molecule has 0 aliphatic carbocycles. The van der Waals surface area contributed by atoms with E-state index >= 15 is 0 Å². The fourth-order valence-electron chi connectivity index (χ4n) is 1.38. The van der Waals surface area contributed by atoms with Gasteiger partial charge in [-0.2, -0.15) is 0 Å². The minimum Gasteiger partial charge on any atom is -0.329 e. The molecule has 0 radical (unpaired) electrons. The SMILES string of the molecule is NCC(N)c1sc2ccccc2c1Br. The van der Waals surface area contributed by atoms with Crippen molar-refractivity contribution in [3.63, 3.8) is 0 Å². The molecule has 1 heterocycles. The molecule has 0 bridgehead atoms. The number of hydrogen-bond acceptors (Lipinski definition) is 3. The van der Waals surface area contributed by atoms with Crippen molar-refractivity contribution in [1.29, 1.82) is 0 Å². The van der Waals surface area contributed by atoms with Gasteiger partial charge in [-0.15, -0.1) is 11.3 Å². The number of hydrogen-bond donors (Lipinski definition) is 2. The van der Waals surface area contributed by atoms with Gasteiger partial charge in [0.2, 0.25) is 0 Å². The molecule has 0 aliphatic heterocycles. The Bertz CT molecular complexity index is 452. The third-order valence-electron chi connectivity index (χ3n) is 2.15. The Morgan fingerprint density at radius 1 is 1.36 bits per heavy atom. The second-order valence-corrected chi connectivity index (χ2v) is 5.00. The lowest BCUT2D eigenvalue weighted by atomic mass is 10.2. The van der Waals surface area contributed by atoms with Crippen LogP contribution in [0.3, 0.4) is 0 Å². The van der Waals surface area contributed by atoms with Crippen molar-refractivity contribution < 1.29 is 0 Å². The van der Waals surface area contributed by atoms with E-state index in [1.165, 1.54) is 10.1 Å². The molecule has 4 heteroatoms. The van der Waals surface area contributed by atoms with E-state index in [0.29, 0.717) is 6.54 Å². The van der Waals surface area contributed by atoms with Gasteiger partial charge in [-0.3, -0.25) is 0 Å². The van der Waals surface area contributed by atoms with Gasteiger partial charge in [0.05, 0.1) is 6.04 Å². The molecule has 1 atom stereocenters. The lowest BCUT2D eigenvalue weighted by Gasteiger charge is -2.05. The summed E-state index contributed by atoms with van der Waals surface area (Å²) in [6.45, 7) is 0.478. The highest BCUT2D eigenvalue weighted by atomic mass is 79.9. The standard InChI is InChI=1S/C10H11BrN2S/c11-9-6-3-1-2-4-8(6)14-10(9)7(13)5-12/h1-4,7H,5,12-13H2. The van der Waals surface area contributed by atoms with E-state index < -0.39 is 0 Å². The number of nitrogens with two attached hydrogens (primary N) is 2. The Hall–Kier alpha value is -0.420. The molecule has 1 unspecified atom stereocenters. The van der Waals surface area contributed by atoms with Crippen LogP contribution in [0.4, 0.5) is 0 Å². The molecule has 1 aromatic heterocycles.